The van der Waals surface area contributed by atoms with E-state index >= 15 is 0 Å². The molecule has 0 saturated heterocycles. The maximum Gasteiger partial charge on any atom is 0.269 e. The summed E-state index contributed by atoms with van der Waals surface area (Å²) >= 11 is 0. The van der Waals surface area contributed by atoms with E-state index in [4.69, 9.17) is 4.74 Å². The summed E-state index contributed by atoms with van der Waals surface area (Å²) in [6.07, 6.45) is 1.70. The third-order valence-electron chi connectivity index (χ3n) is 2.96. The fourth-order valence-corrected chi connectivity index (χ4v) is 2.07. The first-order valence-electron chi connectivity index (χ1n) is 5.92. The average molecular weight is 252 g/mol. The molecule has 0 bridgehead atoms. The number of ether oxygens (including phenoxy) is 1. The minimum absolute atomic E-state index is 0.131. The minimum atomic E-state index is -0.131. The van der Waals surface area contributed by atoms with Gasteiger partial charge in [0.25, 0.3) is 5.56 Å². The number of nitrogens with zero attached hydrogens (tertiary/aromatic N) is 2. The lowest BCUT2D eigenvalue weighted by Gasteiger charge is -2.09. The zero-order chi connectivity index (χ0) is 13.2. The second kappa shape index (κ2) is 4.57. The summed E-state index contributed by atoms with van der Waals surface area (Å²) in [6, 6.07) is 14.8. The van der Waals surface area contributed by atoms with E-state index in [0.29, 0.717) is 17.1 Å². The van der Waals surface area contributed by atoms with E-state index in [2.05, 4.69) is 4.98 Å². The van der Waals surface area contributed by atoms with Crippen molar-refractivity contribution in [2.45, 2.75) is 0 Å². The Bertz CT molecular complexity index is 779. The predicted octanol–water partition coefficient (Wildman–Crippen LogP) is 2.37. The molecule has 4 heteroatoms. The van der Waals surface area contributed by atoms with Gasteiger partial charge in [0.05, 0.1) is 7.11 Å². The van der Waals surface area contributed by atoms with E-state index in [-0.39, 0.29) is 5.56 Å². The summed E-state index contributed by atoms with van der Waals surface area (Å²) < 4.78 is 6.78. The molecule has 0 unspecified atom stereocenters. The molecule has 2 heterocycles. The molecule has 0 amide bonds. The van der Waals surface area contributed by atoms with Crippen molar-refractivity contribution in [3.63, 3.8) is 0 Å². The number of aromatic nitrogens is 2. The van der Waals surface area contributed by atoms with Crippen LogP contribution in [0.4, 0.5) is 0 Å². The summed E-state index contributed by atoms with van der Waals surface area (Å²) in [5.41, 5.74) is 1.72. The van der Waals surface area contributed by atoms with Gasteiger partial charge in [-0.25, -0.2) is 0 Å². The summed E-state index contributed by atoms with van der Waals surface area (Å²) in [6.45, 7) is 0. The molecule has 0 spiro atoms. The Morgan fingerprint density at radius 2 is 1.79 bits per heavy atom. The van der Waals surface area contributed by atoms with Crippen LogP contribution in [0.3, 0.4) is 0 Å². The van der Waals surface area contributed by atoms with Crippen molar-refractivity contribution in [3.05, 3.63) is 65.1 Å². The number of hydrogen-bond acceptors (Lipinski definition) is 3. The lowest BCUT2D eigenvalue weighted by atomic mass is 10.1. The second-order valence-electron chi connectivity index (χ2n) is 4.10. The molecule has 0 aliphatic rings. The van der Waals surface area contributed by atoms with Crippen LogP contribution in [0.25, 0.3) is 16.8 Å². The molecule has 3 rings (SSSR count). The SMILES string of the molecule is COc1nc2ccccn2c(=O)c1-c1ccccc1. The average Bonchev–Trinajstić information content (AvgIpc) is 2.48. The lowest BCUT2D eigenvalue weighted by molar-refractivity contribution is 0.399. The highest BCUT2D eigenvalue weighted by Crippen LogP contribution is 2.24. The van der Waals surface area contributed by atoms with Gasteiger partial charge in [0.1, 0.15) is 11.2 Å². The Kier molecular flexibility index (Phi) is 2.76. The van der Waals surface area contributed by atoms with Crippen LogP contribution >= 0.6 is 0 Å². The highest BCUT2D eigenvalue weighted by atomic mass is 16.5. The quantitative estimate of drug-likeness (QED) is 0.703. The predicted molar refractivity (Wildman–Crippen MR) is 73.5 cm³/mol. The molecule has 2 aromatic heterocycles. The Morgan fingerprint density at radius 3 is 2.53 bits per heavy atom. The van der Waals surface area contributed by atoms with Gasteiger partial charge >= 0.3 is 0 Å². The van der Waals surface area contributed by atoms with Gasteiger partial charge in [-0.15, -0.1) is 0 Å². The standard InChI is InChI=1S/C15H12N2O2/c1-19-14-13(11-7-3-2-4-8-11)15(18)17-10-6-5-9-12(17)16-14/h2-10H,1H3. The molecule has 0 fully saturated rings. The highest BCUT2D eigenvalue weighted by Gasteiger charge is 2.14. The first kappa shape index (κ1) is 11.5. The van der Waals surface area contributed by atoms with E-state index in [1.807, 2.05) is 36.4 Å². The van der Waals surface area contributed by atoms with Gasteiger partial charge in [0.2, 0.25) is 5.88 Å². The summed E-state index contributed by atoms with van der Waals surface area (Å²) in [7, 11) is 1.52. The second-order valence-corrected chi connectivity index (χ2v) is 4.10. The number of methoxy groups -OCH3 is 1. The van der Waals surface area contributed by atoms with Crippen LogP contribution in [-0.4, -0.2) is 16.5 Å². The van der Waals surface area contributed by atoms with Gasteiger partial charge in [0, 0.05) is 6.20 Å². The van der Waals surface area contributed by atoms with E-state index in [1.165, 1.54) is 11.5 Å². The van der Waals surface area contributed by atoms with Crippen LogP contribution in [-0.2, 0) is 0 Å². The van der Waals surface area contributed by atoms with Crippen molar-refractivity contribution in [3.8, 4) is 17.0 Å². The van der Waals surface area contributed by atoms with Gasteiger partial charge in [-0.1, -0.05) is 36.4 Å². The molecule has 0 N–H and O–H groups in total. The Balaban J connectivity index is 2.41. The Morgan fingerprint density at radius 1 is 1.05 bits per heavy atom. The molecule has 0 aliphatic heterocycles. The van der Waals surface area contributed by atoms with Gasteiger partial charge in [-0.05, 0) is 17.7 Å². The Labute approximate surface area is 109 Å². The molecular formula is C15H12N2O2. The maximum absolute atomic E-state index is 12.6. The zero-order valence-corrected chi connectivity index (χ0v) is 10.4. The molecule has 19 heavy (non-hydrogen) atoms. The largest absolute Gasteiger partial charge is 0.480 e. The zero-order valence-electron chi connectivity index (χ0n) is 10.4. The fourth-order valence-electron chi connectivity index (χ4n) is 2.07. The number of rotatable bonds is 2. The first-order chi connectivity index (χ1) is 9.31. The highest BCUT2D eigenvalue weighted by molar-refractivity contribution is 5.69. The number of pyridine rings is 1. The van der Waals surface area contributed by atoms with E-state index < -0.39 is 0 Å². The van der Waals surface area contributed by atoms with Crippen molar-refractivity contribution >= 4 is 5.65 Å². The molecule has 0 aliphatic carbocycles. The van der Waals surface area contributed by atoms with E-state index in [1.54, 1.807) is 18.3 Å². The van der Waals surface area contributed by atoms with Crippen molar-refractivity contribution in [1.29, 1.82) is 0 Å². The molecule has 4 nitrogen and oxygen atoms in total. The molecule has 3 aromatic rings. The Hall–Kier alpha value is -2.62. The molecule has 0 saturated carbocycles. The van der Waals surface area contributed by atoms with Crippen LogP contribution in [0, 0.1) is 0 Å². The minimum Gasteiger partial charge on any atom is -0.480 e. The van der Waals surface area contributed by atoms with Crippen LogP contribution in [0.15, 0.2) is 59.5 Å². The maximum atomic E-state index is 12.6. The normalized spacial score (nSPS) is 10.6. The van der Waals surface area contributed by atoms with Gasteiger partial charge in [-0.2, -0.15) is 4.98 Å². The molecule has 94 valence electrons. The van der Waals surface area contributed by atoms with E-state index in [9.17, 15) is 4.79 Å². The molecule has 0 radical (unpaired) electrons. The first-order valence-corrected chi connectivity index (χ1v) is 5.92. The van der Waals surface area contributed by atoms with Crippen LogP contribution in [0.5, 0.6) is 5.88 Å². The van der Waals surface area contributed by atoms with Gasteiger partial charge < -0.3 is 4.74 Å². The summed E-state index contributed by atoms with van der Waals surface area (Å²) in [5.74, 6) is 0.349. The van der Waals surface area contributed by atoms with Crippen molar-refractivity contribution < 1.29 is 4.74 Å². The summed E-state index contributed by atoms with van der Waals surface area (Å²) in [4.78, 5) is 16.9. The molecule has 1 aromatic carbocycles. The number of benzene rings is 1. The molecular weight excluding hydrogens is 240 g/mol. The third-order valence-corrected chi connectivity index (χ3v) is 2.96. The summed E-state index contributed by atoms with van der Waals surface area (Å²) in [5, 5.41) is 0. The third kappa shape index (κ3) is 1.87. The molecule has 0 atom stereocenters. The smallest absolute Gasteiger partial charge is 0.269 e. The van der Waals surface area contributed by atoms with Gasteiger partial charge in [0.15, 0.2) is 0 Å². The van der Waals surface area contributed by atoms with Crippen molar-refractivity contribution in [2.24, 2.45) is 0 Å². The van der Waals surface area contributed by atoms with Crippen molar-refractivity contribution in [1.82, 2.24) is 9.38 Å². The number of hydrogen-bond donors (Lipinski definition) is 0. The fraction of sp³-hybridized carbons (Fsp3) is 0.0667. The lowest BCUT2D eigenvalue weighted by Crippen LogP contribution is -2.18. The number of fused-ring (bicyclic) bond motifs is 1. The topological polar surface area (TPSA) is 43.6 Å². The van der Waals surface area contributed by atoms with Crippen LogP contribution in [0.1, 0.15) is 0 Å². The van der Waals surface area contributed by atoms with Crippen LogP contribution < -0.4 is 10.3 Å². The van der Waals surface area contributed by atoms with Crippen LogP contribution in [0.2, 0.25) is 0 Å². The van der Waals surface area contributed by atoms with Gasteiger partial charge in [-0.3, -0.25) is 9.20 Å². The monoisotopic (exact) mass is 252 g/mol. The van der Waals surface area contributed by atoms with Crippen molar-refractivity contribution in [2.75, 3.05) is 7.11 Å². The van der Waals surface area contributed by atoms with E-state index in [0.717, 1.165) is 5.56 Å².